The van der Waals surface area contributed by atoms with Gasteiger partial charge in [-0.25, -0.2) is 9.67 Å². The number of rotatable bonds is 3. The standard InChI is InChI=1S/C24H24N6O/c1-15-17-12-13-20(25-23(17)30(28-15)16-7-3-2-4-8-16)21-11-6-14-29(21)24(31)22-18-9-5-10-19(18)26-27-22/h2-4,7-8,12-13,21H,5-6,9-11,14H2,1H3,(H,26,27)/t21-/m0/s1. The van der Waals surface area contributed by atoms with Gasteiger partial charge in [-0.15, -0.1) is 0 Å². The fourth-order valence-electron chi connectivity index (χ4n) is 5.04. The second-order valence-electron chi connectivity index (χ2n) is 8.48. The van der Waals surface area contributed by atoms with Crippen LogP contribution in [-0.2, 0) is 12.8 Å². The van der Waals surface area contributed by atoms with Crippen molar-refractivity contribution in [2.24, 2.45) is 0 Å². The van der Waals surface area contributed by atoms with Gasteiger partial charge in [-0.1, -0.05) is 18.2 Å². The van der Waals surface area contributed by atoms with Crippen molar-refractivity contribution in [2.75, 3.05) is 6.54 Å². The van der Waals surface area contributed by atoms with Gasteiger partial charge in [-0.05, 0) is 63.3 Å². The maximum absolute atomic E-state index is 13.4. The molecule has 1 aliphatic heterocycles. The summed E-state index contributed by atoms with van der Waals surface area (Å²) in [6.07, 6.45) is 4.90. The molecule has 3 aromatic heterocycles. The Balaban J connectivity index is 1.39. The quantitative estimate of drug-likeness (QED) is 0.553. The molecule has 0 radical (unpaired) electrons. The number of carbonyl (C=O) groups excluding carboxylic acids is 1. The van der Waals surface area contributed by atoms with Crippen molar-refractivity contribution in [3.05, 3.63) is 70.8 Å². The van der Waals surface area contributed by atoms with Crippen LogP contribution in [0.5, 0.6) is 0 Å². The lowest BCUT2D eigenvalue weighted by Crippen LogP contribution is -2.32. The van der Waals surface area contributed by atoms with E-state index in [-0.39, 0.29) is 11.9 Å². The highest BCUT2D eigenvalue weighted by molar-refractivity contribution is 5.94. The lowest BCUT2D eigenvalue weighted by atomic mass is 10.1. The van der Waals surface area contributed by atoms with Crippen LogP contribution in [0.15, 0.2) is 42.5 Å². The van der Waals surface area contributed by atoms with E-state index in [2.05, 4.69) is 22.3 Å². The Morgan fingerprint density at radius 2 is 1.97 bits per heavy atom. The van der Waals surface area contributed by atoms with Crippen LogP contribution in [0.3, 0.4) is 0 Å². The average molecular weight is 412 g/mol. The largest absolute Gasteiger partial charge is 0.329 e. The molecule has 1 saturated heterocycles. The lowest BCUT2D eigenvalue weighted by Gasteiger charge is -2.24. The Kier molecular flexibility index (Phi) is 4.16. The normalized spacial score (nSPS) is 18.1. The minimum atomic E-state index is -0.0370. The second-order valence-corrected chi connectivity index (χ2v) is 8.48. The molecule has 1 amide bonds. The predicted molar refractivity (Wildman–Crippen MR) is 117 cm³/mol. The summed E-state index contributed by atoms with van der Waals surface area (Å²) in [4.78, 5) is 20.4. The first kappa shape index (κ1) is 18.3. The Bertz CT molecular complexity index is 1290. The summed E-state index contributed by atoms with van der Waals surface area (Å²) in [6, 6.07) is 14.2. The van der Waals surface area contributed by atoms with Crippen molar-refractivity contribution < 1.29 is 4.79 Å². The van der Waals surface area contributed by atoms with E-state index < -0.39 is 0 Å². The molecule has 7 heteroatoms. The van der Waals surface area contributed by atoms with Crippen molar-refractivity contribution in [3.63, 3.8) is 0 Å². The summed E-state index contributed by atoms with van der Waals surface area (Å²) in [6.45, 7) is 2.74. The van der Waals surface area contributed by atoms with Crippen molar-refractivity contribution in [3.8, 4) is 5.69 Å². The summed E-state index contributed by atoms with van der Waals surface area (Å²) in [5.74, 6) is 0.0246. The number of aryl methyl sites for hydroxylation is 2. The molecule has 0 spiro atoms. The number of fused-ring (bicyclic) bond motifs is 2. The summed E-state index contributed by atoms with van der Waals surface area (Å²) in [7, 11) is 0. The smallest absolute Gasteiger partial charge is 0.275 e. The minimum absolute atomic E-state index is 0.0246. The van der Waals surface area contributed by atoms with Crippen LogP contribution in [0.25, 0.3) is 16.7 Å². The number of hydrogen-bond acceptors (Lipinski definition) is 4. The van der Waals surface area contributed by atoms with Gasteiger partial charge in [0.15, 0.2) is 11.3 Å². The monoisotopic (exact) mass is 412 g/mol. The van der Waals surface area contributed by atoms with Gasteiger partial charge in [-0.2, -0.15) is 10.2 Å². The van der Waals surface area contributed by atoms with Crippen molar-refractivity contribution in [1.29, 1.82) is 0 Å². The maximum Gasteiger partial charge on any atom is 0.275 e. The summed E-state index contributed by atoms with van der Waals surface area (Å²) >= 11 is 0. The maximum atomic E-state index is 13.4. The number of hydrogen-bond donors (Lipinski definition) is 1. The number of nitrogens with one attached hydrogen (secondary N) is 1. The molecule has 2 aliphatic rings. The number of nitrogens with zero attached hydrogens (tertiary/aromatic N) is 5. The van der Waals surface area contributed by atoms with Crippen LogP contribution in [0, 0.1) is 6.92 Å². The molecule has 1 aliphatic carbocycles. The molecule has 1 N–H and O–H groups in total. The molecular formula is C24H24N6O. The fourth-order valence-corrected chi connectivity index (χ4v) is 5.04. The van der Waals surface area contributed by atoms with E-state index in [4.69, 9.17) is 10.1 Å². The zero-order chi connectivity index (χ0) is 20.9. The lowest BCUT2D eigenvalue weighted by molar-refractivity contribution is 0.0726. The highest BCUT2D eigenvalue weighted by Gasteiger charge is 2.35. The molecule has 4 heterocycles. The minimum Gasteiger partial charge on any atom is -0.329 e. The van der Waals surface area contributed by atoms with Crippen LogP contribution < -0.4 is 0 Å². The van der Waals surface area contributed by atoms with E-state index in [0.717, 1.165) is 78.0 Å². The number of amides is 1. The molecule has 1 aromatic carbocycles. The van der Waals surface area contributed by atoms with Crippen LogP contribution in [0.2, 0.25) is 0 Å². The molecule has 31 heavy (non-hydrogen) atoms. The third kappa shape index (κ3) is 2.87. The first-order chi connectivity index (χ1) is 15.2. The van der Waals surface area contributed by atoms with Gasteiger partial charge >= 0.3 is 0 Å². The summed E-state index contributed by atoms with van der Waals surface area (Å²) in [5, 5.41) is 13.2. The molecular weight excluding hydrogens is 388 g/mol. The summed E-state index contributed by atoms with van der Waals surface area (Å²) in [5.41, 5.74) is 6.52. The van der Waals surface area contributed by atoms with E-state index in [0.29, 0.717) is 5.69 Å². The van der Waals surface area contributed by atoms with Gasteiger partial charge in [-0.3, -0.25) is 9.89 Å². The molecule has 1 atom stereocenters. The Labute approximate surface area is 180 Å². The van der Waals surface area contributed by atoms with Crippen molar-refractivity contribution in [1.82, 2.24) is 29.9 Å². The topological polar surface area (TPSA) is 79.7 Å². The number of H-pyrrole nitrogens is 1. The van der Waals surface area contributed by atoms with E-state index in [1.807, 2.05) is 46.8 Å². The van der Waals surface area contributed by atoms with Crippen LogP contribution in [0.4, 0.5) is 0 Å². The van der Waals surface area contributed by atoms with Crippen molar-refractivity contribution >= 4 is 16.9 Å². The molecule has 156 valence electrons. The molecule has 0 bridgehead atoms. The Morgan fingerprint density at radius 3 is 2.84 bits per heavy atom. The van der Waals surface area contributed by atoms with Gasteiger partial charge in [0.25, 0.3) is 5.91 Å². The Morgan fingerprint density at radius 1 is 1.10 bits per heavy atom. The number of pyridine rings is 1. The van der Waals surface area contributed by atoms with Crippen LogP contribution in [-0.4, -0.2) is 42.3 Å². The molecule has 7 nitrogen and oxygen atoms in total. The van der Waals surface area contributed by atoms with E-state index in [9.17, 15) is 4.79 Å². The van der Waals surface area contributed by atoms with Gasteiger partial charge in [0.2, 0.25) is 0 Å². The van der Waals surface area contributed by atoms with Gasteiger partial charge in [0, 0.05) is 23.2 Å². The average Bonchev–Trinajstić information content (AvgIpc) is 3.57. The number of para-hydroxylation sites is 1. The number of benzene rings is 1. The van der Waals surface area contributed by atoms with E-state index in [1.165, 1.54) is 0 Å². The third-order valence-corrected chi connectivity index (χ3v) is 6.60. The van der Waals surface area contributed by atoms with Gasteiger partial charge in [0.05, 0.1) is 23.1 Å². The third-order valence-electron chi connectivity index (χ3n) is 6.60. The zero-order valence-electron chi connectivity index (χ0n) is 17.5. The van der Waals surface area contributed by atoms with E-state index in [1.54, 1.807) is 0 Å². The van der Waals surface area contributed by atoms with Gasteiger partial charge < -0.3 is 4.90 Å². The first-order valence-corrected chi connectivity index (χ1v) is 11.0. The second kappa shape index (κ2) is 7.04. The first-order valence-electron chi connectivity index (χ1n) is 11.0. The Hall–Kier alpha value is -3.48. The highest BCUT2D eigenvalue weighted by atomic mass is 16.2. The molecule has 0 saturated carbocycles. The summed E-state index contributed by atoms with van der Waals surface area (Å²) < 4.78 is 1.90. The fraction of sp³-hybridized carbons (Fsp3) is 0.333. The number of aromatic amines is 1. The molecule has 0 unspecified atom stereocenters. The van der Waals surface area contributed by atoms with Crippen LogP contribution >= 0.6 is 0 Å². The number of carbonyl (C=O) groups is 1. The van der Waals surface area contributed by atoms with Gasteiger partial charge in [0.1, 0.15) is 0 Å². The van der Waals surface area contributed by atoms with Crippen LogP contribution in [0.1, 0.15) is 58.4 Å². The predicted octanol–water partition coefficient (Wildman–Crippen LogP) is 3.92. The highest BCUT2D eigenvalue weighted by Crippen LogP contribution is 2.35. The number of aromatic nitrogens is 5. The molecule has 6 rings (SSSR count). The SMILES string of the molecule is Cc1nn(-c2ccccc2)c2nc([C@@H]3CCCN3C(=O)c3n[nH]c4c3CCC4)ccc12. The molecule has 1 fully saturated rings. The molecule has 4 aromatic rings. The number of likely N-dealkylation sites (tertiary alicyclic amines) is 1. The van der Waals surface area contributed by atoms with Crippen molar-refractivity contribution in [2.45, 2.75) is 45.1 Å². The zero-order valence-corrected chi connectivity index (χ0v) is 17.5. The van der Waals surface area contributed by atoms with E-state index >= 15 is 0 Å².